The Hall–Kier alpha value is -1.28. The second-order valence-corrected chi connectivity index (χ2v) is 11.0. The van der Waals surface area contributed by atoms with Crippen LogP contribution in [0.1, 0.15) is 51.9 Å². The molecule has 31 heavy (non-hydrogen) atoms. The van der Waals surface area contributed by atoms with Gasteiger partial charge in [0.2, 0.25) is 0 Å². The molecular weight excluding hydrogens is 410 g/mol. The fraction of sp³-hybridized carbons (Fsp3) is 0.913. The van der Waals surface area contributed by atoms with Crippen LogP contribution in [-0.2, 0) is 28.5 Å². The molecular formula is C23H30F2O6. The highest BCUT2D eigenvalue weighted by Crippen LogP contribution is 2.58. The molecule has 6 saturated carbocycles. The molecule has 0 aromatic rings. The highest BCUT2D eigenvalue weighted by molar-refractivity contribution is 5.77. The summed E-state index contributed by atoms with van der Waals surface area (Å²) in [5.74, 6) is -3.37. The van der Waals surface area contributed by atoms with Crippen LogP contribution in [-0.4, -0.2) is 55.0 Å². The van der Waals surface area contributed by atoms with E-state index >= 15 is 0 Å². The van der Waals surface area contributed by atoms with Crippen LogP contribution in [0.2, 0.25) is 0 Å². The number of fused-ring (bicyclic) bond motifs is 1. The Balaban J connectivity index is 1.03. The molecule has 7 unspecified atom stereocenters. The standard InChI is InChI=1S/C23H30F2O6/c1-22(24,25)21(27)31-17-13-4-11-5-14(17)10-23(8-11,9-13)29-3-2-28-18-12-6-15-16(7-12)20(26)30-19(15)18/h11-19H,2-10H2,1H3. The summed E-state index contributed by atoms with van der Waals surface area (Å²) >= 11 is 0. The molecule has 0 amide bonds. The first-order chi connectivity index (χ1) is 14.7. The van der Waals surface area contributed by atoms with Gasteiger partial charge in [0.05, 0.1) is 30.8 Å². The molecule has 7 atom stereocenters. The Labute approximate surface area is 180 Å². The fourth-order valence-corrected chi connectivity index (χ4v) is 8.07. The van der Waals surface area contributed by atoms with Crippen LogP contribution in [0.5, 0.6) is 0 Å². The van der Waals surface area contributed by atoms with Gasteiger partial charge in [-0.05, 0) is 68.6 Å². The summed E-state index contributed by atoms with van der Waals surface area (Å²) in [4.78, 5) is 23.7. The molecule has 7 rings (SSSR count). The molecule has 1 aliphatic heterocycles. The summed E-state index contributed by atoms with van der Waals surface area (Å²) < 4.78 is 50.0. The molecule has 0 radical (unpaired) electrons. The quantitative estimate of drug-likeness (QED) is 0.448. The highest BCUT2D eigenvalue weighted by Gasteiger charge is 2.62. The number of alkyl halides is 2. The summed E-state index contributed by atoms with van der Waals surface area (Å²) in [7, 11) is 0. The van der Waals surface area contributed by atoms with Crippen LogP contribution in [0.3, 0.4) is 0 Å². The van der Waals surface area contributed by atoms with E-state index in [9.17, 15) is 18.4 Å². The van der Waals surface area contributed by atoms with Crippen LogP contribution < -0.4 is 0 Å². The average Bonchev–Trinajstić information content (AvgIpc) is 3.31. The molecule has 6 nitrogen and oxygen atoms in total. The first-order valence-electron chi connectivity index (χ1n) is 11.8. The van der Waals surface area contributed by atoms with Gasteiger partial charge in [0, 0.05) is 12.8 Å². The SMILES string of the molecule is CC(F)(F)C(=O)OC1C2CC3CC1CC(OCCOC1C4CC5C(=O)OC1C5C4)(C3)C2. The van der Waals surface area contributed by atoms with Crippen molar-refractivity contribution in [2.24, 2.45) is 35.5 Å². The molecule has 7 aliphatic rings. The van der Waals surface area contributed by atoms with Crippen LogP contribution in [0.25, 0.3) is 0 Å². The second kappa shape index (κ2) is 6.86. The largest absolute Gasteiger partial charge is 0.459 e. The molecule has 6 bridgehead atoms. The first kappa shape index (κ1) is 20.3. The van der Waals surface area contributed by atoms with Crippen LogP contribution in [0.4, 0.5) is 8.78 Å². The van der Waals surface area contributed by atoms with E-state index in [1.807, 2.05) is 0 Å². The number of carbonyl (C=O) groups excluding carboxylic acids is 2. The molecule has 172 valence electrons. The van der Waals surface area contributed by atoms with Gasteiger partial charge in [0.15, 0.2) is 0 Å². The summed E-state index contributed by atoms with van der Waals surface area (Å²) in [5, 5.41) is 0. The predicted octanol–water partition coefficient (Wildman–Crippen LogP) is 3.12. The zero-order valence-electron chi connectivity index (χ0n) is 17.8. The van der Waals surface area contributed by atoms with Gasteiger partial charge in [-0.15, -0.1) is 0 Å². The van der Waals surface area contributed by atoms with Crippen LogP contribution in [0, 0.1) is 35.5 Å². The van der Waals surface area contributed by atoms with Gasteiger partial charge in [-0.3, -0.25) is 4.79 Å². The van der Waals surface area contributed by atoms with Crippen LogP contribution >= 0.6 is 0 Å². The lowest BCUT2D eigenvalue weighted by Crippen LogP contribution is -2.59. The molecule has 1 heterocycles. The van der Waals surface area contributed by atoms with Crippen molar-refractivity contribution in [1.29, 1.82) is 0 Å². The van der Waals surface area contributed by atoms with E-state index < -0.39 is 18.0 Å². The van der Waals surface area contributed by atoms with E-state index in [1.165, 1.54) is 0 Å². The van der Waals surface area contributed by atoms with Crippen molar-refractivity contribution in [3.63, 3.8) is 0 Å². The maximum absolute atomic E-state index is 13.3. The molecule has 0 aromatic carbocycles. The lowest BCUT2D eigenvalue weighted by Gasteiger charge is -2.58. The Kier molecular flexibility index (Phi) is 4.50. The monoisotopic (exact) mass is 440 g/mol. The second-order valence-electron chi connectivity index (χ2n) is 11.0. The number of ether oxygens (including phenoxy) is 4. The number of carbonyl (C=O) groups is 2. The van der Waals surface area contributed by atoms with Gasteiger partial charge < -0.3 is 18.9 Å². The van der Waals surface area contributed by atoms with Crippen molar-refractivity contribution in [2.75, 3.05) is 13.2 Å². The third-order valence-electron chi connectivity index (χ3n) is 8.95. The van der Waals surface area contributed by atoms with Gasteiger partial charge in [-0.1, -0.05) is 0 Å². The van der Waals surface area contributed by atoms with E-state index in [4.69, 9.17) is 18.9 Å². The van der Waals surface area contributed by atoms with Gasteiger partial charge in [-0.25, -0.2) is 4.79 Å². The summed E-state index contributed by atoms with van der Waals surface area (Å²) in [6.45, 7) is 1.54. The first-order valence-corrected chi connectivity index (χ1v) is 11.8. The molecule has 8 heteroatoms. The smallest absolute Gasteiger partial charge is 0.376 e. The molecule has 7 fully saturated rings. The number of hydrogen-bond acceptors (Lipinski definition) is 6. The van der Waals surface area contributed by atoms with Gasteiger partial charge in [0.25, 0.3) is 0 Å². The number of rotatable bonds is 7. The van der Waals surface area contributed by atoms with Crippen molar-refractivity contribution in [2.45, 2.75) is 81.7 Å². The maximum atomic E-state index is 13.3. The Morgan fingerprint density at radius 1 is 1.06 bits per heavy atom. The minimum atomic E-state index is -3.45. The number of esters is 2. The summed E-state index contributed by atoms with van der Waals surface area (Å²) in [6, 6.07) is 0. The minimum absolute atomic E-state index is 0.00725. The van der Waals surface area contributed by atoms with Crippen molar-refractivity contribution in [1.82, 2.24) is 0 Å². The topological polar surface area (TPSA) is 71.1 Å². The fourth-order valence-electron chi connectivity index (χ4n) is 8.07. The van der Waals surface area contributed by atoms with E-state index in [2.05, 4.69) is 0 Å². The van der Waals surface area contributed by atoms with Gasteiger partial charge in [-0.2, -0.15) is 8.78 Å². The van der Waals surface area contributed by atoms with Crippen molar-refractivity contribution < 1.29 is 37.3 Å². The van der Waals surface area contributed by atoms with Crippen LogP contribution in [0.15, 0.2) is 0 Å². The van der Waals surface area contributed by atoms with Crippen molar-refractivity contribution in [3.05, 3.63) is 0 Å². The van der Waals surface area contributed by atoms with Crippen molar-refractivity contribution in [3.8, 4) is 0 Å². The summed E-state index contributed by atoms with van der Waals surface area (Å²) in [5.41, 5.74) is -0.253. The summed E-state index contributed by atoms with van der Waals surface area (Å²) in [6.07, 6.45) is 5.75. The zero-order valence-corrected chi connectivity index (χ0v) is 17.8. The zero-order chi connectivity index (χ0) is 21.5. The third kappa shape index (κ3) is 3.23. The molecule has 0 spiro atoms. The molecule has 0 N–H and O–H groups in total. The van der Waals surface area contributed by atoms with E-state index in [-0.39, 0.29) is 41.5 Å². The van der Waals surface area contributed by atoms with E-state index in [0.717, 1.165) is 44.9 Å². The molecule has 0 aromatic heterocycles. The Bertz CT molecular complexity index is 765. The molecule has 1 saturated heterocycles. The lowest BCUT2D eigenvalue weighted by molar-refractivity contribution is -0.226. The van der Waals surface area contributed by atoms with E-state index in [1.54, 1.807) is 0 Å². The Morgan fingerprint density at radius 3 is 2.52 bits per heavy atom. The molecule has 6 aliphatic carbocycles. The third-order valence-corrected chi connectivity index (χ3v) is 8.95. The normalized spacial score (nSPS) is 49.0. The maximum Gasteiger partial charge on any atom is 0.376 e. The number of hydrogen-bond donors (Lipinski definition) is 0. The van der Waals surface area contributed by atoms with E-state index in [0.29, 0.717) is 37.9 Å². The minimum Gasteiger partial charge on any atom is -0.459 e. The lowest BCUT2D eigenvalue weighted by atomic mass is 9.53. The van der Waals surface area contributed by atoms with Crippen molar-refractivity contribution >= 4 is 11.9 Å². The van der Waals surface area contributed by atoms with Gasteiger partial charge in [0.1, 0.15) is 12.2 Å². The highest BCUT2D eigenvalue weighted by atomic mass is 19.3. The van der Waals surface area contributed by atoms with Gasteiger partial charge >= 0.3 is 17.9 Å². The predicted molar refractivity (Wildman–Crippen MR) is 102 cm³/mol. The number of halogens is 2. The Morgan fingerprint density at radius 2 is 1.81 bits per heavy atom. The average molecular weight is 440 g/mol.